The van der Waals surface area contributed by atoms with Crippen molar-refractivity contribution in [3.63, 3.8) is 0 Å². The zero-order chi connectivity index (χ0) is 25.8. The van der Waals surface area contributed by atoms with E-state index in [2.05, 4.69) is 10.3 Å². The van der Waals surface area contributed by atoms with Gasteiger partial charge in [-0.05, 0) is 31.6 Å². The summed E-state index contributed by atoms with van der Waals surface area (Å²) in [6.45, 7) is 8.36. The predicted molar refractivity (Wildman–Crippen MR) is 133 cm³/mol. The van der Waals surface area contributed by atoms with Crippen LogP contribution in [0.15, 0.2) is 12.1 Å². The maximum absolute atomic E-state index is 14.1. The van der Waals surface area contributed by atoms with Crippen LogP contribution in [0.4, 0.5) is 8.78 Å². The lowest BCUT2D eigenvalue weighted by Crippen LogP contribution is -2.56. The molecule has 2 saturated heterocycles. The first kappa shape index (κ1) is 26.5. The van der Waals surface area contributed by atoms with Gasteiger partial charge in [0.15, 0.2) is 17.5 Å². The molecule has 3 heterocycles. The van der Waals surface area contributed by atoms with E-state index in [1.54, 1.807) is 16.6 Å². The minimum Gasteiger partial charge on any atom is -0.385 e. The van der Waals surface area contributed by atoms with Crippen LogP contribution in [0.1, 0.15) is 50.1 Å². The van der Waals surface area contributed by atoms with Crippen molar-refractivity contribution in [1.82, 2.24) is 24.7 Å². The summed E-state index contributed by atoms with van der Waals surface area (Å²) in [6, 6.07) is 1.98. The summed E-state index contributed by atoms with van der Waals surface area (Å²) in [5, 5.41) is 3.35. The van der Waals surface area contributed by atoms with Gasteiger partial charge in [-0.3, -0.25) is 9.59 Å². The number of carbonyl (C=O) groups is 2. The number of fused-ring (bicyclic) bond motifs is 1. The van der Waals surface area contributed by atoms with Crippen LogP contribution in [0.5, 0.6) is 0 Å². The molecule has 0 saturated carbocycles. The van der Waals surface area contributed by atoms with Crippen LogP contribution in [0, 0.1) is 23.5 Å². The molecule has 0 unspecified atom stereocenters. The number of nitrogens with zero attached hydrogens (tertiary/aromatic N) is 4. The van der Waals surface area contributed by atoms with Crippen LogP contribution in [-0.4, -0.2) is 83.6 Å². The molecular formula is C26H37F2N5O3. The van der Waals surface area contributed by atoms with Crippen LogP contribution in [-0.2, 0) is 16.1 Å². The number of rotatable bonds is 10. The van der Waals surface area contributed by atoms with Crippen LogP contribution in [0.3, 0.4) is 0 Å². The fourth-order valence-electron chi connectivity index (χ4n) is 5.09. The third-order valence-corrected chi connectivity index (χ3v) is 7.07. The van der Waals surface area contributed by atoms with Crippen molar-refractivity contribution < 1.29 is 23.1 Å². The number of likely N-dealkylation sites (tertiary alicyclic amines) is 1. The molecule has 2 amide bonds. The van der Waals surface area contributed by atoms with Crippen molar-refractivity contribution in [3.05, 3.63) is 29.6 Å². The highest BCUT2D eigenvalue weighted by Gasteiger charge is 2.37. The molecule has 2 atom stereocenters. The molecule has 1 N–H and O–H groups in total. The van der Waals surface area contributed by atoms with Gasteiger partial charge in [0.25, 0.3) is 5.91 Å². The maximum atomic E-state index is 14.1. The van der Waals surface area contributed by atoms with Crippen molar-refractivity contribution in [2.45, 2.75) is 52.1 Å². The second-order valence-electron chi connectivity index (χ2n) is 10.3. The number of unbranched alkanes of at least 4 members (excludes halogenated alkanes) is 1. The maximum Gasteiger partial charge on any atom is 0.290 e. The van der Waals surface area contributed by atoms with E-state index in [4.69, 9.17) is 4.74 Å². The van der Waals surface area contributed by atoms with Gasteiger partial charge in [0, 0.05) is 71.2 Å². The monoisotopic (exact) mass is 505 g/mol. The number of hydrogen-bond donors (Lipinski definition) is 1. The summed E-state index contributed by atoms with van der Waals surface area (Å²) in [7, 11) is 1.63. The Labute approximate surface area is 211 Å². The number of benzene rings is 1. The molecule has 0 bridgehead atoms. The predicted octanol–water partition coefficient (Wildman–Crippen LogP) is 3.05. The second kappa shape index (κ2) is 11.6. The van der Waals surface area contributed by atoms with Gasteiger partial charge in [0.1, 0.15) is 0 Å². The Bertz CT molecular complexity index is 1090. The zero-order valence-electron chi connectivity index (χ0n) is 21.4. The fraction of sp³-hybridized carbons (Fsp3) is 0.654. The first-order valence-electron chi connectivity index (χ1n) is 12.9. The summed E-state index contributed by atoms with van der Waals surface area (Å²) >= 11 is 0. The third kappa shape index (κ3) is 5.70. The van der Waals surface area contributed by atoms with Gasteiger partial charge in [0.05, 0.1) is 17.0 Å². The van der Waals surface area contributed by atoms with E-state index >= 15 is 0 Å². The normalized spacial score (nSPS) is 20.1. The lowest BCUT2D eigenvalue weighted by atomic mass is 9.92. The van der Waals surface area contributed by atoms with Crippen molar-refractivity contribution >= 4 is 22.8 Å². The minimum atomic E-state index is -0.992. The topological polar surface area (TPSA) is 79.7 Å². The smallest absolute Gasteiger partial charge is 0.290 e. The number of aryl methyl sites for hydroxylation is 1. The van der Waals surface area contributed by atoms with Gasteiger partial charge in [-0.25, -0.2) is 13.8 Å². The molecule has 198 valence electrons. The van der Waals surface area contributed by atoms with Crippen molar-refractivity contribution in [1.29, 1.82) is 0 Å². The fourth-order valence-corrected chi connectivity index (χ4v) is 5.09. The molecule has 10 heteroatoms. The summed E-state index contributed by atoms with van der Waals surface area (Å²) < 4.78 is 35.0. The highest BCUT2D eigenvalue weighted by atomic mass is 19.2. The summed E-state index contributed by atoms with van der Waals surface area (Å²) in [4.78, 5) is 35.1. The highest BCUT2D eigenvalue weighted by Crippen LogP contribution is 2.26. The van der Waals surface area contributed by atoms with Crippen LogP contribution < -0.4 is 5.32 Å². The van der Waals surface area contributed by atoms with E-state index in [0.717, 1.165) is 38.1 Å². The standard InChI is InChI=1S/C26H37F2N5O3/c1-17(2)16-33(19-11-18(14-29-15-19)25(34)31-7-6-8-31)26(35)24-30-22-12-20(27)21(28)13-23(22)32(24)9-4-5-10-36-3/h12-13,17-19,29H,4-11,14-16H2,1-3H3/t18-,19+/m1/s1. The number of methoxy groups -OCH3 is 1. The Balaban J connectivity index is 1.64. The number of piperidine rings is 1. The molecule has 2 aliphatic heterocycles. The number of imidazole rings is 1. The number of carbonyl (C=O) groups excluding carboxylic acids is 2. The summed E-state index contributed by atoms with van der Waals surface area (Å²) in [6.07, 6.45) is 3.07. The van der Waals surface area contributed by atoms with Crippen molar-refractivity contribution in [2.24, 2.45) is 11.8 Å². The molecule has 36 heavy (non-hydrogen) atoms. The largest absolute Gasteiger partial charge is 0.385 e. The van der Waals surface area contributed by atoms with Gasteiger partial charge in [-0.15, -0.1) is 0 Å². The molecule has 2 aliphatic rings. The number of aromatic nitrogens is 2. The number of nitrogens with one attached hydrogen (secondary N) is 1. The van der Waals surface area contributed by atoms with E-state index in [1.807, 2.05) is 18.7 Å². The zero-order valence-corrected chi connectivity index (χ0v) is 21.4. The number of ether oxygens (including phenoxy) is 1. The summed E-state index contributed by atoms with van der Waals surface area (Å²) in [5.74, 6) is -1.92. The minimum absolute atomic E-state index is 0.145. The van der Waals surface area contributed by atoms with Crippen molar-refractivity contribution in [3.8, 4) is 0 Å². The lowest BCUT2D eigenvalue weighted by molar-refractivity contribution is -0.140. The lowest BCUT2D eigenvalue weighted by Gasteiger charge is -2.41. The van der Waals surface area contributed by atoms with E-state index < -0.39 is 11.6 Å². The van der Waals surface area contributed by atoms with E-state index in [0.29, 0.717) is 51.1 Å². The van der Waals surface area contributed by atoms with Crippen molar-refractivity contribution in [2.75, 3.05) is 46.4 Å². The number of amides is 2. The Kier molecular flexibility index (Phi) is 8.56. The molecule has 8 nitrogen and oxygen atoms in total. The molecule has 0 spiro atoms. The molecule has 0 radical (unpaired) electrons. The van der Waals surface area contributed by atoms with Crippen LogP contribution in [0.2, 0.25) is 0 Å². The first-order valence-corrected chi connectivity index (χ1v) is 12.9. The van der Waals surface area contributed by atoms with E-state index in [9.17, 15) is 18.4 Å². The number of halogens is 2. The highest BCUT2D eigenvalue weighted by molar-refractivity contribution is 5.95. The first-order chi connectivity index (χ1) is 17.3. The van der Waals surface area contributed by atoms with Gasteiger partial charge >= 0.3 is 0 Å². The average molecular weight is 506 g/mol. The van der Waals surface area contributed by atoms with Crippen LogP contribution >= 0.6 is 0 Å². The molecular weight excluding hydrogens is 468 g/mol. The molecule has 2 aromatic rings. The average Bonchev–Trinajstić information content (AvgIpc) is 3.16. The SMILES string of the molecule is COCCCCn1c(C(=O)N(CC(C)C)[C@@H]2CNC[C@H](C(=O)N3CCC3)C2)nc2cc(F)c(F)cc21. The Hall–Kier alpha value is -2.59. The van der Waals surface area contributed by atoms with Gasteiger partial charge in [-0.1, -0.05) is 13.8 Å². The Morgan fingerprint density at radius 3 is 2.61 bits per heavy atom. The second-order valence-corrected chi connectivity index (χ2v) is 10.3. The quantitative estimate of drug-likeness (QED) is 0.502. The van der Waals surface area contributed by atoms with E-state index in [-0.39, 0.29) is 41.0 Å². The molecule has 1 aromatic heterocycles. The summed E-state index contributed by atoms with van der Waals surface area (Å²) in [5.41, 5.74) is 0.646. The Morgan fingerprint density at radius 2 is 1.94 bits per heavy atom. The van der Waals surface area contributed by atoms with Gasteiger partial charge in [0.2, 0.25) is 5.91 Å². The Morgan fingerprint density at radius 1 is 1.19 bits per heavy atom. The third-order valence-electron chi connectivity index (χ3n) is 7.07. The van der Waals surface area contributed by atoms with Gasteiger partial charge < -0.3 is 24.4 Å². The van der Waals surface area contributed by atoms with Crippen LogP contribution in [0.25, 0.3) is 11.0 Å². The number of hydrogen-bond acceptors (Lipinski definition) is 5. The molecule has 2 fully saturated rings. The molecule has 0 aliphatic carbocycles. The van der Waals surface area contributed by atoms with Gasteiger partial charge in [-0.2, -0.15) is 0 Å². The molecule has 1 aromatic carbocycles. The molecule has 4 rings (SSSR count). The van der Waals surface area contributed by atoms with E-state index in [1.165, 1.54) is 0 Å².